The molecule has 1 aliphatic rings. The summed E-state index contributed by atoms with van der Waals surface area (Å²) < 4.78 is 0. The molecule has 0 radical (unpaired) electrons. The number of likely N-dealkylation sites (N-methyl/N-ethyl adjacent to an activating group) is 1. The Morgan fingerprint density at radius 1 is 1.50 bits per heavy atom. The first kappa shape index (κ1) is 13.0. The minimum atomic E-state index is 0.00562. The first-order chi connectivity index (χ1) is 8.66. The third kappa shape index (κ3) is 3.29. The van der Waals surface area contributed by atoms with Crippen molar-refractivity contribution >= 4 is 5.91 Å². The molecule has 1 aromatic heterocycles. The van der Waals surface area contributed by atoms with Gasteiger partial charge < -0.3 is 10.2 Å². The number of hydrogen-bond acceptors (Lipinski definition) is 3. The molecule has 4 heteroatoms. The monoisotopic (exact) mass is 247 g/mol. The van der Waals surface area contributed by atoms with E-state index in [1.807, 2.05) is 26.1 Å². The molecule has 1 N–H and O–H groups in total. The van der Waals surface area contributed by atoms with Gasteiger partial charge in [-0.3, -0.25) is 4.79 Å². The summed E-state index contributed by atoms with van der Waals surface area (Å²) in [6, 6.07) is 5.99. The van der Waals surface area contributed by atoms with Crippen molar-refractivity contribution in [1.29, 1.82) is 0 Å². The van der Waals surface area contributed by atoms with Gasteiger partial charge in [-0.1, -0.05) is 12.5 Å². The number of piperidine rings is 1. The summed E-state index contributed by atoms with van der Waals surface area (Å²) in [6.45, 7) is 3.73. The molecule has 1 amide bonds. The second-order valence-electron chi connectivity index (χ2n) is 5.00. The number of aryl methyl sites for hydroxylation is 1. The molecule has 1 aliphatic heterocycles. The molecule has 0 bridgehead atoms. The zero-order valence-corrected chi connectivity index (χ0v) is 11.1. The molecule has 1 atom stereocenters. The summed E-state index contributed by atoms with van der Waals surface area (Å²) in [7, 11) is 1.85. The fourth-order valence-corrected chi connectivity index (χ4v) is 2.35. The molecule has 4 nitrogen and oxygen atoms in total. The maximum absolute atomic E-state index is 12.2. The van der Waals surface area contributed by atoms with Crippen molar-refractivity contribution in [2.45, 2.75) is 32.2 Å². The predicted molar refractivity (Wildman–Crippen MR) is 71.6 cm³/mol. The van der Waals surface area contributed by atoms with Crippen molar-refractivity contribution in [2.24, 2.45) is 0 Å². The van der Waals surface area contributed by atoms with Crippen LogP contribution in [0, 0.1) is 6.92 Å². The molecule has 0 saturated carbocycles. The van der Waals surface area contributed by atoms with Gasteiger partial charge in [0.05, 0.1) is 0 Å². The highest BCUT2D eigenvalue weighted by Gasteiger charge is 2.19. The highest BCUT2D eigenvalue weighted by molar-refractivity contribution is 5.92. The maximum Gasteiger partial charge on any atom is 0.272 e. The lowest BCUT2D eigenvalue weighted by atomic mass is 10.0. The lowest BCUT2D eigenvalue weighted by molar-refractivity contribution is 0.0769. The number of carbonyl (C=O) groups excluding carboxylic acids is 1. The van der Waals surface area contributed by atoms with E-state index in [0.29, 0.717) is 11.7 Å². The third-order valence-corrected chi connectivity index (χ3v) is 3.36. The summed E-state index contributed by atoms with van der Waals surface area (Å²) in [5, 5.41) is 3.45. The number of hydrogen-bond donors (Lipinski definition) is 1. The lowest BCUT2D eigenvalue weighted by Gasteiger charge is -2.28. The number of aromatic nitrogens is 1. The number of nitrogens with one attached hydrogen (secondary N) is 1. The average molecular weight is 247 g/mol. The molecule has 0 aromatic carbocycles. The van der Waals surface area contributed by atoms with E-state index in [2.05, 4.69) is 10.3 Å². The van der Waals surface area contributed by atoms with Crippen LogP contribution < -0.4 is 5.32 Å². The van der Waals surface area contributed by atoms with E-state index < -0.39 is 0 Å². The van der Waals surface area contributed by atoms with E-state index in [0.717, 1.165) is 25.2 Å². The fraction of sp³-hybridized carbons (Fsp3) is 0.571. The van der Waals surface area contributed by atoms with Gasteiger partial charge in [-0.2, -0.15) is 0 Å². The van der Waals surface area contributed by atoms with Gasteiger partial charge in [0, 0.05) is 25.3 Å². The van der Waals surface area contributed by atoms with Gasteiger partial charge in [0.1, 0.15) is 5.69 Å². The summed E-state index contributed by atoms with van der Waals surface area (Å²) in [6.07, 6.45) is 3.65. The Balaban J connectivity index is 1.95. The quantitative estimate of drug-likeness (QED) is 0.882. The fourth-order valence-electron chi connectivity index (χ4n) is 2.35. The minimum absolute atomic E-state index is 0.00562. The zero-order chi connectivity index (χ0) is 13.0. The van der Waals surface area contributed by atoms with Gasteiger partial charge in [0.2, 0.25) is 0 Å². The van der Waals surface area contributed by atoms with Crippen molar-refractivity contribution in [3.05, 3.63) is 29.6 Å². The van der Waals surface area contributed by atoms with Crippen LogP contribution in [-0.2, 0) is 0 Å². The molecular formula is C14H21N3O. The molecule has 1 unspecified atom stereocenters. The second kappa shape index (κ2) is 5.96. The van der Waals surface area contributed by atoms with E-state index in [-0.39, 0.29) is 5.91 Å². The van der Waals surface area contributed by atoms with Crippen molar-refractivity contribution in [1.82, 2.24) is 15.2 Å². The number of amides is 1. The first-order valence-corrected chi connectivity index (χ1v) is 6.59. The smallest absolute Gasteiger partial charge is 0.272 e. The van der Waals surface area contributed by atoms with E-state index in [1.54, 1.807) is 11.0 Å². The number of pyridine rings is 1. The van der Waals surface area contributed by atoms with Crippen molar-refractivity contribution in [2.75, 3.05) is 20.1 Å². The summed E-state index contributed by atoms with van der Waals surface area (Å²) in [5.74, 6) is 0.00562. The van der Waals surface area contributed by atoms with Crippen molar-refractivity contribution in [3.63, 3.8) is 0 Å². The summed E-state index contributed by atoms with van der Waals surface area (Å²) in [4.78, 5) is 18.3. The van der Waals surface area contributed by atoms with Crippen LogP contribution in [-0.4, -0.2) is 42.0 Å². The average Bonchev–Trinajstić information content (AvgIpc) is 2.39. The largest absolute Gasteiger partial charge is 0.339 e. The SMILES string of the molecule is Cc1cccc(C(=O)N(C)CC2CCCCN2)n1. The molecule has 2 heterocycles. The van der Waals surface area contributed by atoms with Gasteiger partial charge in [0.25, 0.3) is 5.91 Å². The van der Waals surface area contributed by atoms with Gasteiger partial charge in [-0.25, -0.2) is 4.98 Å². The van der Waals surface area contributed by atoms with Crippen LogP contribution in [0.25, 0.3) is 0 Å². The van der Waals surface area contributed by atoms with E-state index >= 15 is 0 Å². The highest BCUT2D eigenvalue weighted by Crippen LogP contribution is 2.09. The van der Waals surface area contributed by atoms with Crippen LogP contribution in [0.1, 0.15) is 35.4 Å². The Morgan fingerprint density at radius 3 is 3.00 bits per heavy atom. The maximum atomic E-state index is 12.2. The van der Waals surface area contributed by atoms with Crippen LogP contribution in [0.5, 0.6) is 0 Å². The topological polar surface area (TPSA) is 45.2 Å². The number of carbonyl (C=O) groups is 1. The normalized spacial score (nSPS) is 19.6. The molecular weight excluding hydrogens is 226 g/mol. The summed E-state index contributed by atoms with van der Waals surface area (Å²) in [5.41, 5.74) is 1.42. The van der Waals surface area contributed by atoms with Gasteiger partial charge in [0.15, 0.2) is 0 Å². The van der Waals surface area contributed by atoms with Crippen molar-refractivity contribution < 1.29 is 4.79 Å². The highest BCUT2D eigenvalue weighted by atomic mass is 16.2. The van der Waals surface area contributed by atoms with E-state index in [4.69, 9.17) is 0 Å². The molecule has 0 aliphatic carbocycles. The Kier molecular flexibility index (Phi) is 4.31. The van der Waals surface area contributed by atoms with Gasteiger partial charge >= 0.3 is 0 Å². The van der Waals surface area contributed by atoms with Gasteiger partial charge in [-0.15, -0.1) is 0 Å². The predicted octanol–water partition coefficient (Wildman–Crippen LogP) is 1.60. The molecule has 1 saturated heterocycles. The van der Waals surface area contributed by atoms with Gasteiger partial charge in [-0.05, 0) is 38.4 Å². The molecule has 1 aromatic rings. The van der Waals surface area contributed by atoms with Crippen LogP contribution in [0.15, 0.2) is 18.2 Å². The molecule has 0 spiro atoms. The van der Waals surface area contributed by atoms with E-state index in [1.165, 1.54) is 12.8 Å². The van der Waals surface area contributed by atoms with Crippen LogP contribution in [0.4, 0.5) is 0 Å². The number of nitrogens with zero attached hydrogens (tertiary/aromatic N) is 2. The Bertz CT molecular complexity index is 413. The van der Waals surface area contributed by atoms with Crippen LogP contribution >= 0.6 is 0 Å². The summed E-state index contributed by atoms with van der Waals surface area (Å²) >= 11 is 0. The minimum Gasteiger partial charge on any atom is -0.339 e. The Labute approximate surface area is 108 Å². The van der Waals surface area contributed by atoms with Crippen molar-refractivity contribution in [3.8, 4) is 0 Å². The third-order valence-electron chi connectivity index (χ3n) is 3.36. The molecule has 98 valence electrons. The zero-order valence-electron chi connectivity index (χ0n) is 11.1. The van der Waals surface area contributed by atoms with Crippen LogP contribution in [0.3, 0.4) is 0 Å². The first-order valence-electron chi connectivity index (χ1n) is 6.59. The second-order valence-corrected chi connectivity index (χ2v) is 5.00. The molecule has 18 heavy (non-hydrogen) atoms. The standard InChI is InChI=1S/C14H21N3O/c1-11-6-5-8-13(16-11)14(18)17(2)10-12-7-3-4-9-15-12/h5-6,8,12,15H,3-4,7,9-10H2,1-2H3. The van der Waals surface area contributed by atoms with Crippen LogP contribution in [0.2, 0.25) is 0 Å². The Hall–Kier alpha value is -1.42. The molecule has 1 fully saturated rings. The molecule has 2 rings (SSSR count). The number of rotatable bonds is 3. The lowest BCUT2D eigenvalue weighted by Crippen LogP contribution is -2.44. The Morgan fingerprint density at radius 2 is 2.33 bits per heavy atom. The van der Waals surface area contributed by atoms with E-state index in [9.17, 15) is 4.79 Å².